The van der Waals surface area contributed by atoms with Gasteiger partial charge in [-0.1, -0.05) is 30.3 Å². The molecule has 4 nitrogen and oxygen atoms in total. The normalized spacial score (nSPS) is 12.1. The van der Waals surface area contributed by atoms with Gasteiger partial charge in [0.25, 0.3) is 0 Å². The molecule has 1 aromatic heterocycles. The van der Waals surface area contributed by atoms with Gasteiger partial charge in [-0.25, -0.2) is 0 Å². The van der Waals surface area contributed by atoms with Gasteiger partial charge in [-0.2, -0.15) is 0 Å². The van der Waals surface area contributed by atoms with Crippen LogP contribution >= 0.6 is 0 Å². The first-order chi connectivity index (χ1) is 11.6. The van der Waals surface area contributed by atoms with E-state index in [2.05, 4.69) is 4.98 Å². The average Bonchev–Trinajstić information content (AvgIpc) is 3.03. The third kappa shape index (κ3) is 3.13. The second-order valence-corrected chi connectivity index (χ2v) is 5.99. The number of hydrogen-bond acceptors (Lipinski definition) is 2. The Morgan fingerprint density at radius 3 is 2.58 bits per heavy atom. The number of likely N-dealkylation sites (N-methyl/N-ethyl adjacent to an activating group) is 1. The Balaban J connectivity index is 1.73. The summed E-state index contributed by atoms with van der Waals surface area (Å²) >= 11 is 0. The highest BCUT2D eigenvalue weighted by atomic mass is 16.5. The third-order valence-electron chi connectivity index (χ3n) is 4.59. The van der Waals surface area contributed by atoms with Crippen LogP contribution in [0.2, 0.25) is 0 Å². The lowest BCUT2D eigenvalue weighted by atomic mass is 10.1. The molecule has 1 atom stereocenters. The summed E-state index contributed by atoms with van der Waals surface area (Å²) in [4.78, 5) is 17.7. The molecule has 0 fully saturated rings. The van der Waals surface area contributed by atoms with Crippen molar-refractivity contribution in [2.45, 2.75) is 19.4 Å². The summed E-state index contributed by atoms with van der Waals surface area (Å²) in [5, 5.41) is 1.11. The largest absolute Gasteiger partial charge is 0.497 e. The first kappa shape index (κ1) is 16.1. The van der Waals surface area contributed by atoms with Crippen LogP contribution in [0.15, 0.2) is 54.7 Å². The summed E-state index contributed by atoms with van der Waals surface area (Å²) in [5.41, 5.74) is 3.18. The van der Waals surface area contributed by atoms with Gasteiger partial charge in [0.1, 0.15) is 5.75 Å². The molecule has 0 aliphatic heterocycles. The highest BCUT2D eigenvalue weighted by molar-refractivity contribution is 5.88. The molecule has 4 heteroatoms. The van der Waals surface area contributed by atoms with Gasteiger partial charge in [-0.15, -0.1) is 0 Å². The van der Waals surface area contributed by atoms with Crippen LogP contribution in [0.1, 0.15) is 24.1 Å². The quantitative estimate of drug-likeness (QED) is 0.773. The van der Waals surface area contributed by atoms with Crippen LogP contribution in [-0.2, 0) is 11.2 Å². The van der Waals surface area contributed by atoms with E-state index >= 15 is 0 Å². The van der Waals surface area contributed by atoms with E-state index in [9.17, 15) is 4.79 Å². The Morgan fingerprint density at radius 1 is 1.17 bits per heavy atom. The van der Waals surface area contributed by atoms with Crippen LogP contribution in [0.5, 0.6) is 5.75 Å². The van der Waals surface area contributed by atoms with Crippen molar-refractivity contribution in [2.75, 3.05) is 14.2 Å². The number of nitrogens with one attached hydrogen (secondary N) is 1. The molecule has 2 aromatic carbocycles. The molecule has 124 valence electrons. The number of aromatic amines is 1. The smallest absolute Gasteiger partial charge is 0.227 e. The molecule has 3 aromatic rings. The van der Waals surface area contributed by atoms with Crippen LogP contribution in [0, 0.1) is 0 Å². The number of hydrogen-bond donors (Lipinski definition) is 1. The first-order valence-electron chi connectivity index (χ1n) is 8.04. The molecular weight excluding hydrogens is 300 g/mol. The lowest BCUT2D eigenvalue weighted by Crippen LogP contribution is -2.30. The van der Waals surface area contributed by atoms with Crippen molar-refractivity contribution in [1.29, 1.82) is 0 Å². The Labute approximate surface area is 142 Å². The minimum Gasteiger partial charge on any atom is -0.497 e. The third-order valence-corrected chi connectivity index (χ3v) is 4.59. The minimum absolute atomic E-state index is 0.00797. The van der Waals surface area contributed by atoms with E-state index in [1.54, 1.807) is 12.0 Å². The van der Waals surface area contributed by atoms with Crippen molar-refractivity contribution in [2.24, 2.45) is 0 Å². The van der Waals surface area contributed by atoms with Crippen molar-refractivity contribution < 1.29 is 9.53 Å². The van der Waals surface area contributed by atoms with E-state index in [0.29, 0.717) is 6.42 Å². The van der Waals surface area contributed by atoms with Gasteiger partial charge in [-0.3, -0.25) is 4.79 Å². The molecule has 0 aliphatic carbocycles. The average molecular weight is 322 g/mol. The molecule has 1 N–H and O–H groups in total. The maximum Gasteiger partial charge on any atom is 0.227 e. The molecule has 0 bridgehead atoms. The van der Waals surface area contributed by atoms with Gasteiger partial charge in [0.2, 0.25) is 5.91 Å². The molecule has 0 saturated heterocycles. The van der Waals surface area contributed by atoms with E-state index in [0.717, 1.165) is 27.8 Å². The van der Waals surface area contributed by atoms with Gasteiger partial charge in [0.05, 0.1) is 19.6 Å². The number of fused-ring (bicyclic) bond motifs is 1. The molecule has 1 amide bonds. The fourth-order valence-corrected chi connectivity index (χ4v) is 2.89. The van der Waals surface area contributed by atoms with E-state index in [4.69, 9.17) is 4.74 Å². The van der Waals surface area contributed by atoms with Crippen LogP contribution in [0.25, 0.3) is 10.9 Å². The van der Waals surface area contributed by atoms with Gasteiger partial charge in [-0.05, 0) is 36.2 Å². The van der Waals surface area contributed by atoms with Crippen molar-refractivity contribution >= 4 is 16.8 Å². The van der Waals surface area contributed by atoms with Crippen molar-refractivity contribution in [3.05, 3.63) is 65.9 Å². The zero-order chi connectivity index (χ0) is 17.1. The molecule has 1 unspecified atom stereocenters. The number of methoxy groups -OCH3 is 1. The number of aromatic nitrogens is 1. The maximum absolute atomic E-state index is 12.7. The zero-order valence-corrected chi connectivity index (χ0v) is 14.2. The predicted molar refractivity (Wildman–Crippen MR) is 96.2 cm³/mol. The summed E-state index contributed by atoms with van der Waals surface area (Å²) in [6.45, 7) is 2.04. The van der Waals surface area contributed by atoms with Gasteiger partial charge >= 0.3 is 0 Å². The van der Waals surface area contributed by atoms with Crippen LogP contribution in [-0.4, -0.2) is 29.9 Å². The van der Waals surface area contributed by atoms with Crippen LogP contribution in [0.4, 0.5) is 0 Å². The Hall–Kier alpha value is -2.75. The monoisotopic (exact) mass is 322 g/mol. The lowest BCUT2D eigenvalue weighted by Gasteiger charge is -2.25. The highest BCUT2D eigenvalue weighted by Gasteiger charge is 2.19. The fourth-order valence-electron chi connectivity index (χ4n) is 2.89. The van der Waals surface area contributed by atoms with E-state index in [1.165, 1.54) is 0 Å². The molecular formula is C20H22N2O2. The number of benzene rings is 2. The number of carbonyl (C=O) groups is 1. The first-order valence-corrected chi connectivity index (χ1v) is 8.04. The maximum atomic E-state index is 12.7. The Kier molecular flexibility index (Phi) is 4.56. The summed E-state index contributed by atoms with van der Waals surface area (Å²) < 4.78 is 5.18. The van der Waals surface area contributed by atoms with E-state index < -0.39 is 0 Å². The van der Waals surface area contributed by atoms with Gasteiger partial charge in [0.15, 0.2) is 0 Å². The number of amides is 1. The molecule has 0 radical (unpaired) electrons. The number of ether oxygens (including phenoxy) is 1. The standard InChI is InChI=1S/C20H22N2O2/c1-14(15-8-10-17(24-3)11-9-15)22(2)20(23)12-16-13-21-19-7-5-4-6-18(16)19/h4-11,13-14,21H,12H2,1-3H3. The van der Waals surface area contributed by atoms with Crippen LogP contribution < -0.4 is 4.74 Å². The summed E-state index contributed by atoms with van der Waals surface area (Å²) in [6, 6.07) is 15.9. The minimum atomic E-state index is 0.00797. The van der Waals surface area contributed by atoms with Gasteiger partial charge < -0.3 is 14.6 Å². The fraction of sp³-hybridized carbons (Fsp3) is 0.250. The van der Waals surface area contributed by atoms with Crippen molar-refractivity contribution in [3.8, 4) is 5.75 Å². The van der Waals surface area contributed by atoms with E-state index in [1.807, 2.05) is 68.7 Å². The Bertz CT molecular complexity index is 836. The topological polar surface area (TPSA) is 45.3 Å². The second kappa shape index (κ2) is 6.79. The lowest BCUT2D eigenvalue weighted by molar-refractivity contribution is -0.131. The predicted octanol–water partition coefficient (Wildman–Crippen LogP) is 3.94. The summed E-state index contributed by atoms with van der Waals surface area (Å²) in [5.74, 6) is 0.918. The van der Waals surface area contributed by atoms with Crippen molar-refractivity contribution in [1.82, 2.24) is 9.88 Å². The van der Waals surface area contributed by atoms with Crippen LogP contribution in [0.3, 0.4) is 0 Å². The molecule has 24 heavy (non-hydrogen) atoms. The van der Waals surface area contributed by atoms with Crippen molar-refractivity contribution in [3.63, 3.8) is 0 Å². The number of nitrogens with zero attached hydrogens (tertiary/aromatic N) is 1. The number of H-pyrrole nitrogens is 1. The number of rotatable bonds is 5. The summed E-state index contributed by atoms with van der Waals surface area (Å²) in [7, 11) is 3.50. The molecule has 0 spiro atoms. The van der Waals surface area contributed by atoms with E-state index in [-0.39, 0.29) is 11.9 Å². The zero-order valence-electron chi connectivity index (χ0n) is 14.2. The number of para-hydroxylation sites is 1. The molecule has 0 saturated carbocycles. The highest BCUT2D eigenvalue weighted by Crippen LogP contribution is 2.24. The molecule has 1 heterocycles. The number of carbonyl (C=O) groups excluding carboxylic acids is 1. The van der Waals surface area contributed by atoms with Gasteiger partial charge in [0, 0.05) is 24.1 Å². The SMILES string of the molecule is COc1ccc(C(C)N(C)C(=O)Cc2c[nH]c3ccccc23)cc1. The molecule has 0 aliphatic rings. The Morgan fingerprint density at radius 2 is 1.88 bits per heavy atom. The second-order valence-electron chi connectivity index (χ2n) is 5.99. The molecule has 3 rings (SSSR count). The summed E-state index contributed by atoms with van der Waals surface area (Å²) in [6.07, 6.45) is 2.31.